The first kappa shape index (κ1) is 20.8. The second-order valence-corrected chi connectivity index (χ2v) is 7.11. The van der Waals surface area contributed by atoms with Crippen LogP contribution in [0.3, 0.4) is 0 Å². The molecule has 1 saturated heterocycles. The minimum Gasteiger partial charge on any atom is -0.497 e. The number of hydrogen-bond acceptors (Lipinski definition) is 5. The van der Waals surface area contributed by atoms with Gasteiger partial charge < -0.3 is 25.0 Å². The number of amides is 2. The summed E-state index contributed by atoms with van der Waals surface area (Å²) in [5.41, 5.74) is 2.04. The van der Waals surface area contributed by atoms with Gasteiger partial charge in [-0.25, -0.2) is 9.78 Å². The molecule has 0 unspecified atom stereocenters. The number of ether oxygens (including phenoxy) is 2. The van der Waals surface area contributed by atoms with Crippen LogP contribution in [0.25, 0.3) is 0 Å². The summed E-state index contributed by atoms with van der Waals surface area (Å²) in [5.74, 6) is 2.55. The molecule has 1 fully saturated rings. The monoisotopic (exact) mass is 398 g/mol. The number of benzene rings is 1. The van der Waals surface area contributed by atoms with Crippen molar-refractivity contribution in [2.75, 3.05) is 38.8 Å². The number of urea groups is 1. The van der Waals surface area contributed by atoms with Gasteiger partial charge in [-0.2, -0.15) is 0 Å². The standard InChI is InChI=1S/C22H30N4O3/c1-28-19-6-7-20(29-2)18(15-19)9-11-24-22(27)25-16-17-8-10-23-21(14-17)26-12-4-3-5-13-26/h6-8,10,14-15H,3-5,9,11-13,16H2,1-2H3,(H2,24,25,27). The molecule has 2 amide bonds. The highest BCUT2D eigenvalue weighted by Crippen LogP contribution is 2.24. The van der Waals surface area contributed by atoms with Crippen LogP contribution in [-0.4, -0.2) is 44.9 Å². The first-order valence-corrected chi connectivity index (χ1v) is 10.1. The first-order valence-electron chi connectivity index (χ1n) is 10.1. The van der Waals surface area contributed by atoms with Gasteiger partial charge in [0.05, 0.1) is 14.2 Å². The molecule has 0 radical (unpaired) electrons. The van der Waals surface area contributed by atoms with Crippen molar-refractivity contribution in [3.8, 4) is 11.5 Å². The van der Waals surface area contributed by atoms with Crippen LogP contribution in [0.15, 0.2) is 36.5 Å². The van der Waals surface area contributed by atoms with Gasteiger partial charge >= 0.3 is 6.03 Å². The van der Waals surface area contributed by atoms with Crippen LogP contribution >= 0.6 is 0 Å². The lowest BCUT2D eigenvalue weighted by Crippen LogP contribution is -2.36. The van der Waals surface area contributed by atoms with E-state index in [2.05, 4.69) is 26.6 Å². The fourth-order valence-corrected chi connectivity index (χ4v) is 3.50. The van der Waals surface area contributed by atoms with Crippen molar-refractivity contribution in [3.05, 3.63) is 47.7 Å². The van der Waals surface area contributed by atoms with Crippen molar-refractivity contribution in [1.29, 1.82) is 0 Å². The zero-order chi connectivity index (χ0) is 20.5. The predicted molar refractivity (Wildman–Crippen MR) is 114 cm³/mol. The highest BCUT2D eigenvalue weighted by molar-refractivity contribution is 5.73. The van der Waals surface area contributed by atoms with Gasteiger partial charge in [-0.05, 0) is 67.1 Å². The van der Waals surface area contributed by atoms with E-state index in [9.17, 15) is 4.79 Å². The molecule has 0 saturated carbocycles. The zero-order valence-corrected chi connectivity index (χ0v) is 17.2. The average Bonchev–Trinajstić information content (AvgIpc) is 2.78. The van der Waals surface area contributed by atoms with Crippen LogP contribution in [0.1, 0.15) is 30.4 Å². The highest BCUT2D eigenvalue weighted by Gasteiger charge is 2.12. The maximum Gasteiger partial charge on any atom is 0.315 e. The number of methoxy groups -OCH3 is 2. The van der Waals surface area contributed by atoms with E-state index in [1.165, 1.54) is 19.3 Å². The molecule has 2 N–H and O–H groups in total. The highest BCUT2D eigenvalue weighted by atomic mass is 16.5. The summed E-state index contributed by atoms with van der Waals surface area (Å²) in [6.07, 6.45) is 6.19. The molecule has 0 aliphatic carbocycles. The number of hydrogen-bond donors (Lipinski definition) is 2. The van der Waals surface area contributed by atoms with E-state index in [-0.39, 0.29) is 6.03 Å². The van der Waals surface area contributed by atoms with Crippen molar-refractivity contribution < 1.29 is 14.3 Å². The van der Waals surface area contributed by atoms with Crippen LogP contribution in [0.5, 0.6) is 11.5 Å². The van der Waals surface area contributed by atoms with Gasteiger partial charge in [-0.3, -0.25) is 0 Å². The summed E-state index contributed by atoms with van der Waals surface area (Å²) in [6.45, 7) is 3.08. The molecule has 2 aromatic rings. The molecule has 29 heavy (non-hydrogen) atoms. The van der Waals surface area contributed by atoms with Crippen LogP contribution < -0.4 is 25.0 Å². The Hall–Kier alpha value is -2.96. The smallest absolute Gasteiger partial charge is 0.315 e. The maximum atomic E-state index is 12.2. The van der Waals surface area contributed by atoms with E-state index in [1.807, 2.05) is 30.5 Å². The summed E-state index contributed by atoms with van der Waals surface area (Å²) in [4.78, 5) is 19.0. The molecular formula is C22H30N4O3. The summed E-state index contributed by atoms with van der Waals surface area (Å²) in [5, 5.41) is 5.81. The average molecular weight is 399 g/mol. The molecule has 1 aliphatic rings. The number of carbonyl (C=O) groups is 1. The summed E-state index contributed by atoms with van der Waals surface area (Å²) in [6, 6.07) is 9.47. The Labute approximate surface area is 172 Å². The fraction of sp³-hybridized carbons (Fsp3) is 0.455. The number of nitrogens with one attached hydrogen (secondary N) is 2. The second-order valence-electron chi connectivity index (χ2n) is 7.11. The minimum atomic E-state index is -0.191. The van der Waals surface area contributed by atoms with Crippen molar-refractivity contribution in [1.82, 2.24) is 15.6 Å². The third-order valence-electron chi connectivity index (χ3n) is 5.11. The Morgan fingerprint density at radius 1 is 1.07 bits per heavy atom. The van der Waals surface area contributed by atoms with Gasteiger partial charge in [0.1, 0.15) is 17.3 Å². The predicted octanol–water partition coefficient (Wildman–Crippen LogP) is 3.13. The number of anilines is 1. The maximum absolute atomic E-state index is 12.2. The molecule has 0 bridgehead atoms. The van der Waals surface area contributed by atoms with Crippen LogP contribution in [0, 0.1) is 0 Å². The fourth-order valence-electron chi connectivity index (χ4n) is 3.50. The van der Waals surface area contributed by atoms with Crippen molar-refractivity contribution in [2.24, 2.45) is 0 Å². The Bertz CT molecular complexity index is 806. The first-order chi connectivity index (χ1) is 14.2. The molecule has 0 spiro atoms. The van der Waals surface area contributed by atoms with Gasteiger partial charge in [0.15, 0.2) is 0 Å². The zero-order valence-electron chi connectivity index (χ0n) is 17.2. The largest absolute Gasteiger partial charge is 0.497 e. The normalized spacial score (nSPS) is 13.7. The SMILES string of the molecule is COc1ccc(OC)c(CCNC(=O)NCc2ccnc(N3CCCCC3)c2)c1. The molecule has 7 heteroatoms. The van der Waals surface area contributed by atoms with Crippen LogP contribution in [0.2, 0.25) is 0 Å². The number of pyridine rings is 1. The molecule has 7 nitrogen and oxygen atoms in total. The molecule has 2 heterocycles. The van der Waals surface area contributed by atoms with Crippen molar-refractivity contribution in [2.45, 2.75) is 32.2 Å². The van der Waals surface area contributed by atoms with Crippen LogP contribution in [0.4, 0.5) is 10.6 Å². The summed E-state index contributed by atoms with van der Waals surface area (Å²) >= 11 is 0. The quantitative estimate of drug-likeness (QED) is 0.715. The van der Waals surface area contributed by atoms with E-state index in [4.69, 9.17) is 9.47 Å². The molecule has 1 aliphatic heterocycles. The van der Waals surface area contributed by atoms with E-state index in [1.54, 1.807) is 14.2 Å². The number of aromatic nitrogens is 1. The number of rotatable bonds is 8. The Morgan fingerprint density at radius 3 is 2.66 bits per heavy atom. The molecule has 1 aromatic heterocycles. The number of piperidine rings is 1. The third-order valence-corrected chi connectivity index (χ3v) is 5.11. The lowest BCUT2D eigenvalue weighted by atomic mass is 10.1. The van der Waals surface area contributed by atoms with Gasteiger partial charge in [0.25, 0.3) is 0 Å². The van der Waals surface area contributed by atoms with E-state index in [0.29, 0.717) is 19.5 Å². The van der Waals surface area contributed by atoms with E-state index >= 15 is 0 Å². The van der Waals surface area contributed by atoms with Gasteiger partial charge in [-0.1, -0.05) is 0 Å². The topological polar surface area (TPSA) is 75.7 Å². The number of carbonyl (C=O) groups excluding carboxylic acids is 1. The van der Waals surface area contributed by atoms with E-state index in [0.717, 1.165) is 41.5 Å². The van der Waals surface area contributed by atoms with Crippen molar-refractivity contribution in [3.63, 3.8) is 0 Å². The van der Waals surface area contributed by atoms with Gasteiger partial charge in [0, 0.05) is 32.4 Å². The number of nitrogens with zero attached hydrogens (tertiary/aromatic N) is 2. The molecule has 3 rings (SSSR count). The Balaban J connectivity index is 1.46. The lowest BCUT2D eigenvalue weighted by Gasteiger charge is -2.27. The van der Waals surface area contributed by atoms with Gasteiger partial charge in [-0.15, -0.1) is 0 Å². The summed E-state index contributed by atoms with van der Waals surface area (Å²) < 4.78 is 10.6. The lowest BCUT2D eigenvalue weighted by molar-refractivity contribution is 0.240. The van der Waals surface area contributed by atoms with Gasteiger partial charge in [0.2, 0.25) is 0 Å². The molecule has 1 aromatic carbocycles. The molecule has 156 valence electrons. The third kappa shape index (κ3) is 6.01. The Kier molecular flexibility index (Phi) is 7.55. The van der Waals surface area contributed by atoms with Crippen molar-refractivity contribution >= 4 is 11.8 Å². The van der Waals surface area contributed by atoms with E-state index < -0.39 is 0 Å². The molecule has 0 atom stereocenters. The Morgan fingerprint density at radius 2 is 1.90 bits per heavy atom. The second kappa shape index (κ2) is 10.5. The summed E-state index contributed by atoms with van der Waals surface area (Å²) in [7, 11) is 3.27. The minimum absolute atomic E-state index is 0.191. The molecular weight excluding hydrogens is 368 g/mol. The van der Waals surface area contributed by atoms with Crippen LogP contribution in [-0.2, 0) is 13.0 Å².